The maximum atomic E-state index is 13.1. The van der Waals surface area contributed by atoms with Crippen molar-refractivity contribution < 1.29 is 9.59 Å². The van der Waals surface area contributed by atoms with Gasteiger partial charge in [0.25, 0.3) is 11.8 Å². The SMILES string of the molecule is O=C(c1cc2n(n1)CCN(Cc1ccc(Cl)cc1)C2=O)N1CCN(c2cccc(Cl)c2)CC1. The molecule has 170 valence electrons. The highest BCUT2D eigenvalue weighted by molar-refractivity contribution is 6.31. The normalized spacial score (nSPS) is 16.2. The van der Waals surface area contributed by atoms with E-state index in [2.05, 4.69) is 10.00 Å². The van der Waals surface area contributed by atoms with Gasteiger partial charge in [-0.2, -0.15) is 5.10 Å². The molecule has 3 aromatic rings. The molecule has 33 heavy (non-hydrogen) atoms. The molecule has 2 amide bonds. The predicted molar refractivity (Wildman–Crippen MR) is 128 cm³/mol. The van der Waals surface area contributed by atoms with Crippen molar-refractivity contribution >= 4 is 40.7 Å². The van der Waals surface area contributed by atoms with E-state index >= 15 is 0 Å². The zero-order chi connectivity index (χ0) is 22.9. The van der Waals surface area contributed by atoms with Gasteiger partial charge in [-0.05, 0) is 35.9 Å². The number of carbonyl (C=O) groups is 2. The Morgan fingerprint density at radius 2 is 1.64 bits per heavy atom. The Morgan fingerprint density at radius 1 is 0.879 bits per heavy atom. The third-order valence-corrected chi connectivity index (χ3v) is 6.60. The van der Waals surface area contributed by atoms with Gasteiger partial charge < -0.3 is 14.7 Å². The van der Waals surface area contributed by atoms with Crippen LogP contribution in [0.4, 0.5) is 5.69 Å². The minimum absolute atomic E-state index is 0.117. The number of nitrogens with zero attached hydrogens (tertiary/aromatic N) is 5. The number of anilines is 1. The van der Waals surface area contributed by atoms with Gasteiger partial charge in [0.2, 0.25) is 0 Å². The van der Waals surface area contributed by atoms with Crippen LogP contribution < -0.4 is 4.90 Å². The zero-order valence-corrected chi connectivity index (χ0v) is 19.5. The summed E-state index contributed by atoms with van der Waals surface area (Å²) < 4.78 is 1.65. The van der Waals surface area contributed by atoms with Crippen molar-refractivity contribution in [2.45, 2.75) is 13.1 Å². The molecule has 1 fully saturated rings. The van der Waals surface area contributed by atoms with Gasteiger partial charge in [0, 0.05) is 61.1 Å². The first-order chi connectivity index (χ1) is 16.0. The number of carbonyl (C=O) groups excluding carboxylic acids is 2. The smallest absolute Gasteiger partial charge is 0.274 e. The van der Waals surface area contributed by atoms with Crippen molar-refractivity contribution in [1.29, 1.82) is 0 Å². The van der Waals surface area contributed by atoms with E-state index < -0.39 is 0 Å². The van der Waals surface area contributed by atoms with Crippen LogP contribution in [0.1, 0.15) is 26.5 Å². The van der Waals surface area contributed by atoms with E-state index in [9.17, 15) is 9.59 Å². The molecule has 0 radical (unpaired) electrons. The monoisotopic (exact) mass is 483 g/mol. The minimum atomic E-state index is -0.139. The van der Waals surface area contributed by atoms with Gasteiger partial charge in [0.05, 0.1) is 6.54 Å². The van der Waals surface area contributed by atoms with Crippen LogP contribution in [-0.2, 0) is 13.1 Å². The molecule has 1 saturated heterocycles. The van der Waals surface area contributed by atoms with Gasteiger partial charge in [0.1, 0.15) is 5.69 Å². The van der Waals surface area contributed by atoms with Crippen molar-refractivity contribution in [3.8, 4) is 0 Å². The fourth-order valence-corrected chi connectivity index (χ4v) is 4.62. The van der Waals surface area contributed by atoms with E-state index in [1.54, 1.807) is 20.5 Å². The average Bonchev–Trinajstić information content (AvgIpc) is 3.27. The number of benzene rings is 2. The van der Waals surface area contributed by atoms with Crippen LogP contribution in [-0.4, -0.2) is 64.1 Å². The number of halogens is 2. The molecule has 0 atom stereocenters. The molecule has 3 heterocycles. The largest absolute Gasteiger partial charge is 0.368 e. The maximum absolute atomic E-state index is 13.1. The lowest BCUT2D eigenvalue weighted by Crippen LogP contribution is -2.48. The van der Waals surface area contributed by atoms with Crippen LogP contribution in [0.25, 0.3) is 0 Å². The summed E-state index contributed by atoms with van der Waals surface area (Å²) >= 11 is 12.1. The summed E-state index contributed by atoms with van der Waals surface area (Å²) in [4.78, 5) is 31.9. The molecule has 2 aromatic carbocycles. The van der Waals surface area contributed by atoms with Crippen LogP contribution in [0.15, 0.2) is 54.6 Å². The summed E-state index contributed by atoms with van der Waals surface area (Å²) in [6.07, 6.45) is 0. The summed E-state index contributed by atoms with van der Waals surface area (Å²) in [7, 11) is 0. The van der Waals surface area contributed by atoms with E-state index in [0.29, 0.717) is 67.2 Å². The minimum Gasteiger partial charge on any atom is -0.368 e. The number of amides is 2. The number of rotatable bonds is 4. The zero-order valence-electron chi connectivity index (χ0n) is 18.0. The maximum Gasteiger partial charge on any atom is 0.274 e. The summed E-state index contributed by atoms with van der Waals surface area (Å²) in [6, 6.07) is 16.8. The number of fused-ring (bicyclic) bond motifs is 1. The van der Waals surface area contributed by atoms with E-state index in [-0.39, 0.29) is 11.8 Å². The summed E-state index contributed by atoms with van der Waals surface area (Å²) in [5, 5.41) is 5.81. The van der Waals surface area contributed by atoms with Crippen molar-refractivity contribution in [3.63, 3.8) is 0 Å². The van der Waals surface area contributed by atoms with Gasteiger partial charge >= 0.3 is 0 Å². The van der Waals surface area contributed by atoms with Crippen molar-refractivity contribution in [2.75, 3.05) is 37.6 Å². The van der Waals surface area contributed by atoms with Crippen molar-refractivity contribution in [3.05, 3.63) is 81.6 Å². The molecule has 0 saturated carbocycles. The molecule has 0 N–H and O–H groups in total. The molecule has 2 aliphatic heterocycles. The topological polar surface area (TPSA) is 61.7 Å². The highest BCUT2D eigenvalue weighted by atomic mass is 35.5. The number of hydrogen-bond donors (Lipinski definition) is 0. The highest BCUT2D eigenvalue weighted by Gasteiger charge is 2.30. The molecule has 5 rings (SSSR count). The lowest BCUT2D eigenvalue weighted by Gasteiger charge is -2.35. The lowest BCUT2D eigenvalue weighted by molar-refractivity contribution is 0.0680. The van der Waals surface area contributed by atoms with Gasteiger partial charge in [-0.15, -0.1) is 0 Å². The van der Waals surface area contributed by atoms with E-state index in [0.717, 1.165) is 11.3 Å². The Hall–Kier alpha value is -3.03. The van der Waals surface area contributed by atoms with Crippen LogP contribution in [0.5, 0.6) is 0 Å². The molecule has 0 spiro atoms. The Balaban J connectivity index is 1.24. The molecular weight excluding hydrogens is 461 g/mol. The molecule has 1 aromatic heterocycles. The van der Waals surface area contributed by atoms with Crippen LogP contribution in [0.2, 0.25) is 10.0 Å². The fourth-order valence-electron chi connectivity index (χ4n) is 4.31. The third-order valence-electron chi connectivity index (χ3n) is 6.11. The molecular formula is C24H23Cl2N5O2. The van der Waals surface area contributed by atoms with E-state index in [1.165, 1.54) is 0 Å². The number of aromatic nitrogens is 2. The first-order valence-electron chi connectivity index (χ1n) is 10.9. The van der Waals surface area contributed by atoms with Crippen molar-refractivity contribution in [2.24, 2.45) is 0 Å². The summed E-state index contributed by atoms with van der Waals surface area (Å²) in [5.74, 6) is -0.256. The Bertz CT molecular complexity index is 1190. The molecule has 0 unspecified atom stereocenters. The van der Waals surface area contributed by atoms with Crippen molar-refractivity contribution in [1.82, 2.24) is 19.6 Å². The first kappa shape index (κ1) is 21.8. The second kappa shape index (κ2) is 9.08. The summed E-state index contributed by atoms with van der Waals surface area (Å²) in [5.41, 5.74) is 2.84. The quantitative estimate of drug-likeness (QED) is 0.565. The van der Waals surface area contributed by atoms with E-state index in [1.807, 2.05) is 48.5 Å². The lowest BCUT2D eigenvalue weighted by atomic mass is 10.2. The second-order valence-corrected chi connectivity index (χ2v) is 9.12. The Morgan fingerprint density at radius 3 is 2.36 bits per heavy atom. The van der Waals surface area contributed by atoms with Gasteiger partial charge in [-0.25, -0.2) is 0 Å². The number of piperazine rings is 1. The van der Waals surface area contributed by atoms with Gasteiger partial charge in [0.15, 0.2) is 5.69 Å². The van der Waals surface area contributed by atoms with E-state index in [4.69, 9.17) is 23.2 Å². The Kier molecular flexibility index (Phi) is 6.00. The number of hydrogen-bond acceptors (Lipinski definition) is 4. The van der Waals surface area contributed by atoms with Crippen LogP contribution >= 0.6 is 23.2 Å². The van der Waals surface area contributed by atoms with Crippen LogP contribution in [0.3, 0.4) is 0 Å². The van der Waals surface area contributed by atoms with Crippen LogP contribution in [0, 0.1) is 0 Å². The molecule has 7 nitrogen and oxygen atoms in total. The molecule has 0 aliphatic carbocycles. The standard InChI is InChI=1S/C24H23Cl2N5O2/c25-18-6-4-17(5-7-18)16-30-12-13-31-22(24(30)33)15-21(27-31)23(32)29-10-8-28(9-11-29)20-3-1-2-19(26)14-20/h1-7,14-15H,8-13,16H2. The first-order valence-corrected chi connectivity index (χ1v) is 11.6. The summed E-state index contributed by atoms with van der Waals surface area (Å²) in [6.45, 7) is 4.21. The third kappa shape index (κ3) is 4.56. The van der Waals surface area contributed by atoms with Gasteiger partial charge in [-0.1, -0.05) is 41.4 Å². The average molecular weight is 484 g/mol. The highest BCUT2D eigenvalue weighted by Crippen LogP contribution is 2.22. The van der Waals surface area contributed by atoms with Gasteiger partial charge in [-0.3, -0.25) is 14.3 Å². The molecule has 0 bridgehead atoms. The second-order valence-electron chi connectivity index (χ2n) is 8.25. The Labute approximate surface area is 202 Å². The molecule has 2 aliphatic rings. The molecule has 9 heteroatoms. The fraction of sp³-hybridized carbons (Fsp3) is 0.292. The predicted octanol–water partition coefficient (Wildman–Crippen LogP) is 3.81.